The second-order valence-electron chi connectivity index (χ2n) is 28.9. The van der Waals surface area contributed by atoms with Crippen molar-refractivity contribution in [3.8, 4) is 0 Å². The Balaban J connectivity index is 1.01. The second-order valence-corrected chi connectivity index (χ2v) is 28.9. The van der Waals surface area contributed by atoms with Gasteiger partial charge >= 0.3 is 11.9 Å². The monoisotopic (exact) mass is 1700 g/mol. The van der Waals surface area contributed by atoms with E-state index in [1.165, 1.54) is 0 Å². The number of aliphatic hydroxyl groups excluding tert-OH is 23. The first-order chi connectivity index (χ1) is 54.5. The summed E-state index contributed by atoms with van der Waals surface area (Å²) in [6.07, 6.45) is -79.1. The average Bonchev–Trinajstić information content (AvgIpc) is 0.775. The highest BCUT2D eigenvalue weighted by atomic mass is 16.8. The predicted molar refractivity (Wildman–Crippen MR) is 357 cm³/mol. The molecule has 0 aromatic carbocycles. The van der Waals surface area contributed by atoms with Crippen LogP contribution in [-0.2, 0) is 105 Å². The number of rotatable bonds is 33. The largest absolute Gasteiger partial charge is 0.477 e. The van der Waals surface area contributed by atoms with Crippen LogP contribution in [0, 0.1) is 0 Å². The first-order valence-corrected chi connectivity index (χ1v) is 36.4. The summed E-state index contributed by atoms with van der Waals surface area (Å²) in [6, 6.07) is -9.28. The van der Waals surface area contributed by atoms with Crippen LogP contribution in [0.2, 0.25) is 0 Å². The fraction of sp³-hybridized carbons (Fsp3) is 0.891. The van der Waals surface area contributed by atoms with Gasteiger partial charge in [0.2, 0.25) is 29.5 Å². The molecular formula is C64H105N5O47. The molecule has 0 saturated carbocycles. The number of carboxylic acid groups (broad SMARTS) is 2. The number of ether oxygens (including phenoxy) is 15. The quantitative estimate of drug-likeness (QED) is 0.0290. The number of amides is 5. The SMILES string of the molecule is CC(=O)N[C@H]1[C@H](OC[C@H]2OC(O)[C@H](NC(C)=O)[C@@H](O[C@@H]3O[C@H](CO)[C@H](O)[C@H](O[C@@H]4O[C@H](CO)[C@@H](O)[C@@H](O[C@@H]5O[C@H](CO)[C@H](O)[C@H](O[C@]6(C(=O)O)C[C@H](O)[C@@H](NC(C)=O)[C@H]([C@H](O)[C@H](O)CO)O6)[C@H]5O)[C@H]4NC(C)=O)[C@H]3O)[C@H]2O)O[C@H](CO)[C@@H](O[C@@H]2O[C@H](CO)[C@H](O)[C@H](O[C@]3(C(=O)O)C[C@H](O)[C@@H](NC(C)=O)[C@H]([C@H](O)[C@H](O)CO)O3)[C@H]2O)[C@@H]1O. The molecule has 42 atom stereocenters. The molecule has 0 aromatic heterocycles. The molecule has 8 saturated heterocycles. The van der Waals surface area contributed by atoms with E-state index in [9.17, 15) is 161 Å². The van der Waals surface area contributed by atoms with Gasteiger partial charge in [-0.15, -0.1) is 0 Å². The van der Waals surface area contributed by atoms with E-state index in [1.54, 1.807) is 0 Å². The molecule has 0 radical (unpaired) electrons. The predicted octanol–water partition coefficient (Wildman–Crippen LogP) is -19.3. The Morgan fingerprint density at radius 2 is 0.664 bits per heavy atom. The summed E-state index contributed by atoms with van der Waals surface area (Å²) in [4.78, 5) is 89.5. The number of carbonyl (C=O) groups excluding carboxylic acids is 5. The smallest absolute Gasteiger partial charge is 0.364 e. The maximum Gasteiger partial charge on any atom is 0.364 e. The third kappa shape index (κ3) is 21.3. The first-order valence-electron chi connectivity index (χ1n) is 36.4. The molecule has 52 heteroatoms. The molecule has 8 rings (SSSR count). The van der Waals surface area contributed by atoms with Gasteiger partial charge in [0, 0.05) is 47.5 Å². The summed E-state index contributed by atoms with van der Waals surface area (Å²) in [6.45, 7) is -4.71. The average molecular weight is 1700 g/mol. The van der Waals surface area contributed by atoms with Crippen LogP contribution < -0.4 is 26.6 Å². The minimum Gasteiger partial charge on any atom is -0.477 e. The fourth-order valence-electron chi connectivity index (χ4n) is 14.8. The number of hydrogen-bond donors (Lipinski definition) is 30. The highest BCUT2D eigenvalue weighted by Gasteiger charge is 2.64. The second kappa shape index (κ2) is 41.1. The van der Waals surface area contributed by atoms with Gasteiger partial charge in [0.25, 0.3) is 11.6 Å². The van der Waals surface area contributed by atoms with E-state index in [-0.39, 0.29) is 0 Å². The van der Waals surface area contributed by atoms with E-state index >= 15 is 0 Å². The summed E-state index contributed by atoms with van der Waals surface area (Å²) < 4.78 is 87.3. The maximum absolute atomic E-state index is 13.2. The van der Waals surface area contributed by atoms with Crippen LogP contribution >= 0.6 is 0 Å². The summed E-state index contributed by atoms with van der Waals surface area (Å²) in [7, 11) is 0. The standard InChI is InChI=1S/C64H105N5O47/c1-16(77)65-31-21(82)6-63(61(98)99,113-50(31)36(86)23(84)8-70)115-53-40(90)27(12-74)106-59(45(53)95)109-47-29(14-76)108-56(33(43(47)93)67-18(3)79)102-15-30-42(92)48(34(55(97)103-30)68-19(4)80)110-58-44(94)52(39(89)26(11-73)105-58)112-57-35(69-20(5)81)49(38(88)25(10-72)104-57)111-60-46(96)54(41(91)28(13-75)107-60)116-64(62(100)101)7-22(83)32(66-17(2)78)51(114-64)37(87)24(85)9-71/h21-60,70-76,82-97H,6-15H2,1-5H3,(H,65,77)(H,66,78)(H,67,79)(H,68,80)(H,69,81)(H,98,99)(H,100,101)/t21-,22-,23+,24+,25+,26+,27+,28+,29+,30+,31+,32+,33+,34+,35+,36+,37+,38+,39-,40-,41-,42-,43+,44+,45+,46+,47+,48+,49-,50+,51+,52-,53-,54-,55?,56+,57-,58-,59-,60-,63-,64-/m0/s1. The summed E-state index contributed by atoms with van der Waals surface area (Å²) in [5, 5.41) is 288. The Morgan fingerprint density at radius 3 is 1.04 bits per heavy atom. The van der Waals surface area contributed by atoms with Crippen molar-refractivity contribution >= 4 is 41.5 Å². The maximum atomic E-state index is 13.2. The van der Waals surface area contributed by atoms with Gasteiger partial charge < -0.3 is 225 Å². The Labute approximate surface area is 655 Å². The van der Waals surface area contributed by atoms with E-state index in [4.69, 9.17) is 71.1 Å². The lowest BCUT2D eigenvalue weighted by Gasteiger charge is -2.51. The summed E-state index contributed by atoms with van der Waals surface area (Å²) >= 11 is 0. The Bertz CT molecular complexity index is 3240. The van der Waals surface area contributed by atoms with E-state index < -0.39 is 364 Å². The molecule has 5 amide bonds. The molecule has 30 N–H and O–H groups in total. The third-order valence-electron chi connectivity index (χ3n) is 20.6. The summed E-state index contributed by atoms with van der Waals surface area (Å²) in [5.41, 5.74) is 0. The molecule has 1 unspecified atom stereocenters. The molecule has 8 heterocycles. The first kappa shape index (κ1) is 96.2. The lowest BCUT2D eigenvalue weighted by atomic mass is 9.88. The van der Waals surface area contributed by atoms with Crippen molar-refractivity contribution in [1.29, 1.82) is 0 Å². The van der Waals surface area contributed by atoms with Gasteiger partial charge in [-0.1, -0.05) is 0 Å². The topological polar surface area (TPSA) is 824 Å². The zero-order valence-electron chi connectivity index (χ0n) is 62.3. The van der Waals surface area contributed by atoms with E-state index in [0.29, 0.717) is 0 Å². The van der Waals surface area contributed by atoms with Crippen molar-refractivity contribution in [2.75, 3.05) is 52.9 Å². The number of carboxylic acids is 2. The van der Waals surface area contributed by atoms with E-state index in [1.807, 2.05) is 0 Å². The summed E-state index contributed by atoms with van der Waals surface area (Å²) in [5.74, 6) is -15.5. The Kier molecular flexibility index (Phi) is 34.1. The lowest BCUT2D eigenvalue weighted by molar-refractivity contribution is -0.388. The zero-order valence-corrected chi connectivity index (χ0v) is 62.3. The van der Waals surface area contributed by atoms with Crippen molar-refractivity contribution in [1.82, 2.24) is 26.6 Å². The van der Waals surface area contributed by atoms with Gasteiger partial charge in [0.15, 0.2) is 37.7 Å². The molecular weight excluding hydrogens is 1590 g/mol. The Hall–Kier alpha value is -5.23. The van der Waals surface area contributed by atoms with Crippen molar-refractivity contribution in [2.24, 2.45) is 0 Å². The number of hydrogen-bond acceptors (Lipinski definition) is 45. The minimum atomic E-state index is -3.30. The molecule has 116 heavy (non-hydrogen) atoms. The molecule has 0 spiro atoms. The highest BCUT2D eigenvalue weighted by molar-refractivity contribution is 5.78. The van der Waals surface area contributed by atoms with E-state index in [2.05, 4.69) is 26.6 Å². The van der Waals surface area contributed by atoms with Crippen LogP contribution in [0.1, 0.15) is 47.5 Å². The van der Waals surface area contributed by atoms with Crippen LogP contribution in [0.5, 0.6) is 0 Å². The van der Waals surface area contributed by atoms with Crippen molar-refractivity contribution in [2.45, 2.75) is 304 Å². The Morgan fingerprint density at radius 1 is 0.353 bits per heavy atom. The highest BCUT2D eigenvalue weighted by Crippen LogP contribution is 2.43. The molecule has 668 valence electrons. The molecule has 8 aliphatic heterocycles. The minimum absolute atomic E-state index is 0.859. The van der Waals surface area contributed by atoms with Gasteiger partial charge in [-0.3, -0.25) is 24.0 Å². The lowest BCUT2D eigenvalue weighted by Crippen LogP contribution is -2.71. The van der Waals surface area contributed by atoms with Crippen molar-refractivity contribution < 1.29 is 232 Å². The fourth-order valence-corrected chi connectivity index (χ4v) is 14.8. The molecule has 8 aliphatic rings. The number of carbonyl (C=O) groups is 7. The number of aliphatic hydroxyl groups is 23. The van der Waals surface area contributed by atoms with E-state index in [0.717, 1.165) is 34.6 Å². The number of nitrogens with one attached hydrogen (secondary N) is 5. The zero-order chi connectivity index (χ0) is 86.3. The molecule has 0 aromatic rings. The van der Waals surface area contributed by atoms with Crippen LogP contribution in [0.25, 0.3) is 0 Å². The van der Waals surface area contributed by atoms with Gasteiger partial charge in [0.1, 0.15) is 183 Å². The van der Waals surface area contributed by atoms with Crippen molar-refractivity contribution in [3.05, 3.63) is 0 Å². The molecule has 0 aliphatic carbocycles. The van der Waals surface area contributed by atoms with Gasteiger partial charge in [0.05, 0.1) is 77.1 Å². The van der Waals surface area contributed by atoms with Crippen LogP contribution in [0.4, 0.5) is 0 Å². The van der Waals surface area contributed by atoms with Crippen molar-refractivity contribution in [3.63, 3.8) is 0 Å². The number of aliphatic carboxylic acids is 2. The molecule has 52 nitrogen and oxygen atoms in total. The van der Waals surface area contributed by atoms with Crippen LogP contribution in [0.3, 0.4) is 0 Å². The normalized spacial score (nSPS) is 44.6. The third-order valence-corrected chi connectivity index (χ3v) is 20.6. The van der Waals surface area contributed by atoms with Crippen LogP contribution in [-0.4, -0.2) is 479 Å². The van der Waals surface area contributed by atoms with Gasteiger partial charge in [-0.2, -0.15) is 0 Å². The van der Waals surface area contributed by atoms with Gasteiger partial charge in [-0.05, 0) is 0 Å². The molecule has 8 fully saturated rings. The van der Waals surface area contributed by atoms with Crippen LogP contribution in [0.15, 0.2) is 0 Å². The molecule has 0 bridgehead atoms. The van der Waals surface area contributed by atoms with Gasteiger partial charge in [-0.25, -0.2) is 9.59 Å².